The van der Waals surface area contributed by atoms with Crippen LogP contribution in [0.2, 0.25) is 0 Å². The Morgan fingerprint density at radius 2 is 2.04 bits per heavy atom. The number of urea groups is 1. The van der Waals surface area contributed by atoms with Crippen LogP contribution in [0.4, 0.5) is 4.79 Å². The second-order valence-corrected chi connectivity index (χ2v) is 7.65. The number of carbonyl (C=O) groups excluding carboxylic acids is 3. The van der Waals surface area contributed by atoms with Gasteiger partial charge in [0.05, 0.1) is 12.1 Å². The van der Waals surface area contributed by atoms with Gasteiger partial charge in [-0.2, -0.15) is 0 Å². The van der Waals surface area contributed by atoms with E-state index in [1.54, 1.807) is 19.1 Å². The third kappa shape index (κ3) is 3.69. The Bertz CT molecular complexity index is 723. The third-order valence-electron chi connectivity index (χ3n) is 5.81. The molecule has 1 saturated carbocycles. The van der Waals surface area contributed by atoms with Crippen molar-refractivity contribution in [2.75, 3.05) is 6.54 Å². The molecule has 1 saturated heterocycles. The first-order chi connectivity index (χ1) is 12.8. The predicted molar refractivity (Wildman–Crippen MR) is 99.6 cm³/mol. The molecule has 27 heavy (non-hydrogen) atoms. The quantitative estimate of drug-likeness (QED) is 0.685. The first-order valence-corrected chi connectivity index (χ1v) is 9.51. The topological polar surface area (TPSA) is 98.7 Å². The van der Waals surface area contributed by atoms with E-state index in [1.807, 2.05) is 25.1 Å². The Balaban J connectivity index is 1.62. The van der Waals surface area contributed by atoms with Crippen molar-refractivity contribution < 1.29 is 19.5 Å². The molecule has 1 aromatic carbocycles. The Morgan fingerprint density at radius 3 is 2.70 bits per heavy atom. The molecule has 1 heterocycles. The first kappa shape index (κ1) is 19.4. The number of nitrogens with one attached hydrogen (secondary N) is 2. The number of aliphatic hydroxyl groups is 1. The van der Waals surface area contributed by atoms with Crippen LogP contribution in [0.1, 0.15) is 51.2 Å². The van der Waals surface area contributed by atoms with E-state index >= 15 is 0 Å². The molecule has 7 heteroatoms. The Hall–Kier alpha value is -2.41. The van der Waals surface area contributed by atoms with Crippen molar-refractivity contribution in [3.8, 4) is 0 Å². The summed E-state index contributed by atoms with van der Waals surface area (Å²) < 4.78 is 0. The Kier molecular flexibility index (Phi) is 5.51. The van der Waals surface area contributed by atoms with Gasteiger partial charge in [0.25, 0.3) is 5.91 Å². The van der Waals surface area contributed by atoms with Crippen LogP contribution in [0, 0.1) is 5.92 Å². The fourth-order valence-electron chi connectivity index (χ4n) is 4.10. The smallest absolute Gasteiger partial charge is 0.325 e. The average molecular weight is 373 g/mol. The second-order valence-electron chi connectivity index (χ2n) is 7.65. The molecular weight excluding hydrogens is 346 g/mol. The second kappa shape index (κ2) is 7.68. The van der Waals surface area contributed by atoms with Crippen LogP contribution in [0.5, 0.6) is 0 Å². The molecule has 0 aromatic heterocycles. The van der Waals surface area contributed by atoms with E-state index in [4.69, 9.17) is 0 Å². The minimum Gasteiger partial charge on any atom is -0.386 e. The Morgan fingerprint density at radius 1 is 1.33 bits per heavy atom. The lowest BCUT2D eigenvalue weighted by atomic mass is 9.73. The lowest BCUT2D eigenvalue weighted by Crippen LogP contribution is -2.54. The number of benzene rings is 1. The molecule has 146 valence electrons. The van der Waals surface area contributed by atoms with Crippen LogP contribution >= 0.6 is 0 Å². The maximum atomic E-state index is 12.9. The van der Waals surface area contributed by atoms with Crippen molar-refractivity contribution in [3.05, 3.63) is 35.9 Å². The molecule has 7 nitrogen and oxygen atoms in total. The number of hydrogen-bond donors (Lipinski definition) is 3. The van der Waals surface area contributed by atoms with Crippen LogP contribution in [0.25, 0.3) is 0 Å². The highest BCUT2D eigenvalue weighted by molar-refractivity contribution is 6.09. The van der Waals surface area contributed by atoms with Gasteiger partial charge >= 0.3 is 6.03 Å². The van der Waals surface area contributed by atoms with Crippen LogP contribution in [0.3, 0.4) is 0 Å². The molecule has 0 bridgehead atoms. The van der Waals surface area contributed by atoms with Gasteiger partial charge in [-0.25, -0.2) is 4.79 Å². The SMILES string of the molecule is CC(NC(=O)CN1C(=O)NC2(CCCCC2C)C1=O)C(O)c1ccccc1. The third-order valence-corrected chi connectivity index (χ3v) is 5.81. The molecule has 3 N–H and O–H groups in total. The molecular formula is C20H27N3O4. The highest BCUT2D eigenvalue weighted by atomic mass is 16.3. The number of carbonyl (C=O) groups is 3. The maximum Gasteiger partial charge on any atom is 0.325 e. The summed E-state index contributed by atoms with van der Waals surface area (Å²) in [6.45, 7) is 3.32. The number of rotatable bonds is 5. The normalized spacial score (nSPS) is 27.4. The van der Waals surface area contributed by atoms with E-state index in [2.05, 4.69) is 10.6 Å². The number of imide groups is 1. The van der Waals surface area contributed by atoms with E-state index in [1.165, 1.54) is 0 Å². The van der Waals surface area contributed by atoms with E-state index in [0.29, 0.717) is 12.0 Å². The zero-order valence-corrected chi connectivity index (χ0v) is 15.8. The van der Waals surface area contributed by atoms with Gasteiger partial charge in [0, 0.05) is 0 Å². The van der Waals surface area contributed by atoms with E-state index in [0.717, 1.165) is 24.2 Å². The lowest BCUT2D eigenvalue weighted by molar-refractivity contribution is -0.137. The van der Waals surface area contributed by atoms with Crippen molar-refractivity contribution >= 4 is 17.8 Å². The summed E-state index contributed by atoms with van der Waals surface area (Å²) in [6, 6.07) is 7.95. The molecule has 1 aliphatic heterocycles. The van der Waals surface area contributed by atoms with Crippen molar-refractivity contribution in [2.45, 2.75) is 57.2 Å². The standard InChI is InChI=1S/C20H27N3O4/c1-13-8-6-7-11-20(13)18(26)23(19(27)22-20)12-16(24)21-14(2)17(25)15-9-4-3-5-10-15/h3-5,9-10,13-14,17,25H,6-8,11-12H2,1-2H3,(H,21,24)(H,22,27). The monoisotopic (exact) mass is 373 g/mol. The first-order valence-electron chi connectivity index (χ1n) is 9.51. The van der Waals surface area contributed by atoms with E-state index < -0.39 is 29.6 Å². The fourth-order valence-corrected chi connectivity index (χ4v) is 4.10. The molecule has 3 rings (SSSR count). The molecule has 2 fully saturated rings. The van der Waals surface area contributed by atoms with Gasteiger partial charge in [-0.3, -0.25) is 14.5 Å². The van der Waals surface area contributed by atoms with E-state index in [9.17, 15) is 19.5 Å². The number of aliphatic hydroxyl groups excluding tert-OH is 1. The van der Waals surface area contributed by atoms with Crippen molar-refractivity contribution in [1.29, 1.82) is 0 Å². The molecule has 2 aliphatic rings. The van der Waals surface area contributed by atoms with E-state index in [-0.39, 0.29) is 18.4 Å². The van der Waals surface area contributed by atoms with Gasteiger partial charge in [-0.1, -0.05) is 50.1 Å². The molecule has 1 aliphatic carbocycles. The fraction of sp³-hybridized carbons (Fsp3) is 0.550. The number of nitrogens with zero attached hydrogens (tertiary/aromatic N) is 1. The minimum atomic E-state index is -0.872. The number of hydrogen-bond acceptors (Lipinski definition) is 4. The molecule has 0 radical (unpaired) electrons. The van der Waals surface area contributed by atoms with Crippen molar-refractivity contribution in [2.24, 2.45) is 5.92 Å². The molecule has 1 spiro atoms. The van der Waals surface area contributed by atoms with Gasteiger partial charge in [0.2, 0.25) is 5.91 Å². The number of amides is 4. The average Bonchev–Trinajstić information content (AvgIpc) is 2.89. The lowest BCUT2D eigenvalue weighted by Gasteiger charge is -2.36. The van der Waals surface area contributed by atoms with Gasteiger partial charge in [-0.05, 0) is 31.2 Å². The summed E-state index contributed by atoms with van der Waals surface area (Å²) in [5.74, 6) is -0.734. The van der Waals surface area contributed by atoms with Crippen LogP contribution in [0.15, 0.2) is 30.3 Å². The zero-order chi connectivity index (χ0) is 19.6. The van der Waals surface area contributed by atoms with Crippen LogP contribution in [-0.4, -0.2) is 46.0 Å². The highest BCUT2D eigenvalue weighted by Crippen LogP contribution is 2.38. The van der Waals surface area contributed by atoms with Gasteiger partial charge in [-0.15, -0.1) is 0 Å². The molecule has 4 amide bonds. The molecule has 4 atom stereocenters. The summed E-state index contributed by atoms with van der Waals surface area (Å²) >= 11 is 0. The van der Waals surface area contributed by atoms with Crippen LogP contribution in [-0.2, 0) is 9.59 Å². The predicted octanol–water partition coefficient (Wildman–Crippen LogP) is 1.73. The summed E-state index contributed by atoms with van der Waals surface area (Å²) in [5.41, 5.74) is -0.180. The van der Waals surface area contributed by atoms with Crippen LogP contribution < -0.4 is 10.6 Å². The zero-order valence-electron chi connectivity index (χ0n) is 15.8. The summed E-state index contributed by atoms with van der Waals surface area (Å²) in [6.07, 6.45) is 2.55. The summed E-state index contributed by atoms with van der Waals surface area (Å²) in [7, 11) is 0. The maximum absolute atomic E-state index is 12.9. The summed E-state index contributed by atoms with van der Waals surface area (Å²) in [4.78, 5) is 38.6. The van der Waals surface area contributed by atoms with Gasteiger partial charge < -0.3 is 15.7 Å². The molecule has 4 unspecified atom stereocenters. The Labute approximate surface area is 159 Å². The highest BCUT2D eigenvalue weighted by Gasteiger charge is 2.55. The summed E-state index contributed by atoms with van der Waals surface area (Å²) in [5, 5.41) is 15.9. The minimum absolute atomic E-state index is 0.0505. The van der Waals surface area contributed by atoms with Crippen molar-refractivity contribution in [3.63, 3.8) is 0 Å². The van der Waals surface area contributed by atoms with Gasteiger partial charge in [0.15, 0.2) is 0 Å². The van der Waals surface area contributed by atoms with Crippen molar-refractivity contribution in [1.82, 2.24) is 15.5 Å². The largest absolute Gasteiger partial charge is 0.386 e. The van der Waals surface area contributed by atoms with Gasteiger partial charge in [0.1, 0.15) is 12.1 Å². The molecule has 1 aromatic rings.